The smallest absolute Gasteiger partial charge is 0.340 e. The average molecular weight is 497 g/mol. The lowest BCUT2D eigenvalue weighted by molar-refractivity contribution is -0.127. The van der Waals surface area contributed by atoms with Gasteiger partial charge in [0, 0.05) is 44.4 Å². The zero-order valence-electron chi connectivity index (χ0n) is 20.7. The van der Waals surface area contributed by atoms with Crippen molar-refractivity contribution in [1.29, 1.82) is 5.26 Å². The van der Waals surface area contributed by atoms with Gasteiger partial charge in [0.05, 0.1) is 38.1 Å². The van der Waals surface area contributed by atoms with Crippen LogP contribution in [0.5, 0.6) is 17.4 Å². The van der Waals surface area contributed by atoms with Crippen LogP contribution >= 0.6 is 0 Å². The van der Waals surface area contributed by atoms with Crippen LogP contribution in [0.25, 0.3) is 0 Å². The predicted octanol–water partition coefficient (Wildman–Crippen LogP) is 2.30. The Hall–Kier alpha value is -4.33. The summed E-state index contributed by atoms with van der Waals surface area (Å²) in [4.78, 5) is 43.1. The van der Waals surface area contributed by atoms with E-state index >= 15 is 0 Å². The molecule has 2 aromatic rings. The molecule has 1 N–H and O–H groups in total. The molecule has 0 saturated carbocycles. The molecule has 1 aromatic carbocycles. The maximum absolute atomic E-state index is 12.9. The third kappa shape index (κ3) is 5.17. The number of rotatable bonds is 9. The Kier molecular flexibility index (Phi) is 8.32. The summed E-state index contributed by atoms with van der Waals surface area (Å²) in [5.41, 5.74) is -0.107. The second kappa shape index (κ2) is 11.4. The van der Waals surface area contributed by atoms with Crippen molar-refractivity contribution in [2.75, 3.05) is 34.4 Å². The van der Waals surface area contributed by atoms with E-state index in [1.165, 1.54) is 46.6 Å². The number of aliphatic imine (C=N–C) groups is 1. The fourth-order valence-corrected chi connectivity index (χ4v) is 4.08. The number of amides is 1. The van der Waals surface area contributed by atoms with E-state index in [1.54, 1.807) is 4.90 Å². The van der Waals surface area contributed by atoms with Crippen molar-refractivity contribution in [3.8, 4) is 23.4 Å². The summed E-state index contributed by atoms with van der Waals surface area (Å²) in [5.74, 6) is -0.348. The molecule has 0 spiro atoms. The van der Waals surface area contributed by atoms with Crippen LogP contribution in [-0.4, -0.2) is 67.1 Å². The molecule has 0 atom stereocenters. The number of aromatic nitrogens is 1. The topological polar surface area (TPSA) is 143 Å². The van der Waals surface area contributed by atoms with Crippen molar-refractivity contribution in [2.45, 2.75) is 32.7 Å². The van der Waals surface area contributed by atoms with E-state index in [1.807, 2.05) is 6.07 Å². The van der Waals surface area contributed by atoms with E-state index in [0.717, 1.165) is 11.0 Å². The monoisotopic (exact) mass is 496 g/mol. The Balaban J connectivity index is 2.03. The Bertz CT molecular complexity index is 1310. The SMILES string of the molecule is COC(=O)c1cc(OC)c(OC)cc1N=Cc1c(C)c(C#N)c(=O)n(CCCN2CCCC2=O)c1O. The Morgan fingerprint density at radius 1 is 1.19 bits per heavy atom. The summed E-state index contributed by atoms with van der Waals surface area (Å²) < 4.78 is 16.5. The molecular weight excluding hydrogens is 468 g/mol. The molecular formula is C25H28N4O7. The van der Waals surface area contributed by atoms with Crippen LogP contribution in [-0.2, 0) is 16.1 Å². The lowest BCUT2D eigenvalue weighted by atomic mass is 10.1. The highest BCUT2D eigenvalue weighted by atomic mass is 16.5. The lowest BCUT2D eigenvalue weighted by Crippen LogP contribution is -2.29. The highest BCUT2D eigenvalue weighted by molar-refractivity contribution is 5.98. The number of hydrogen-bond acceptors (Lipinski definition) is 9. The van der Waals surface area contributed by atoms with Crippen LogP contribution in [0.15, 0.2) is 21.9 Å². The maximum Gasteiger partial charge on any atom is 0.340 e. The fourth-order valence-electron chi connectivity index (χ4n) is 4.08. The van der Waals surface area contributed by atoms with Gasteiger partial charge in [0.1, 0.15) is 11.6 Å². The van der Waals surface area contributed by atoms with Crippen LogP contribution < -0.4 is 15.0 Å². The van der Waals surface area contributed by atoms with Gasteiger partial charge in [-0.25, -0.2) is 4.79 Å². The maximum atomic E-state index is 12.9. The second-order valence-electron chi connectivity index (χ2n) is 8.12. The molecule has 0 bridgehead atoms. The quantitative estimate of drug-likeness (QED) is 0.411. The normalized spacial score (nSPS) is 13.2. The highest BCUT2D eigenvalue weighted by Gasteiger charge is 2.22. The molecule has 1 aliphatic rings. The number of nitriles is 1. The standard InChI is InChI=1S/C25H28N4O7/c1-15-17(13-26)23(31)29(10-6-9-28-8-5-7-22(28)30)24(32)18(15)14-27-19-12-21(35-3)20(34-2)11-16(19)25(33)36-4/h11-12,14,32H,5-10H2,1-4H3. The minimum Gasteiger partial charge on any atom is -0.494 e. The molecule has 0 unspecified atom stereocenters. The molecule has 1 aliphatic heterocycles. The van der Waals surface area contributed by atoms with E-state index in [4.69, 9.17) is 14.2 Å². The number of likely N-dealkylation sites (tertiary alicyclic amines) is 1. The van der Waals surface area contributed by atoms with Gasteiger partial charge >= 0.3 is 5.97 Å². The van der Waals surface area contributed by atoms with Crippen LogP contribution in [0.2, 0.25) is 0 Å². The number of aromatic hydroxyl groups is 1. The lowest BCUT2D eigenvalue weighted by Gasteiger charge is -2.17. The van der Waals surface area contributed by atoms with E-state index in [9.17, 15) is 24.8 Å². The van der Waals surface area contributed by atoms with Gasteiger partial charge in [0.25, 0.3) is 5.56 Å². The van der Waals surface area contributed by atoms with Crippen molar-refractivity contribution >= 4 is 23.8 Å². The van der Waals surface area contributed by atoms with E-state index in [2.05, 4.69) is 4.99 Å². The van der Waals surface area contributed by atoms with Crippen LogP contribution in [0, 0.1) is 18.3 Å². The second-order valence-corrected chi connectivity index (χ2v) is 8.12. The zero-order chi connectivity index (χ0) is 26.4. The van der Waals surface area contributed by atoms with Gasteiger partial charge in [-0.2, -0.15) is 5.26 Å². The number of carbonyl (C=O) groups is 2. The van der Waals surface area contributed by atoms with Crippen LogP contribution in [0.3, 0.4) is 0 Å². The van der Waals surface area contributed by atoms with Gasteiger partial charge in [-0.15, -0.1) is 0 Å². The number of benzene rings is 1. The number of methoxy groups -OCH3 is 3. The van der Waals surface area contributed by atoms with Crippen molar-refractivity contribution < 1.29 is 28.9 Å². The van der Waals surface area contributed by atoms with Crippen molar-refractivity contribution in [3.63, 3.8) is 0 Å². The average Bonchev–Trinajstić information content (AvgIpc) is 3.29. The first-order valence-corrected chi connectivity index (χ1v) is 11.3. The van der Waals surface area contributed by atoms with E-state index in [-0.39, 0.29) is 46.3 Å². The third-order valence-electron chi connectivity index (χ3n) is 6.07. The third-order valence-corrected chi connectivity index (χ3v) is 6.07. The number of esters is 1. The minimum atomic E-state index is -0.664. The fraction of sp³-hybridized carbons (Fsp3) is 0.400. The number of pyridine rings is 1. The number of nitrogens with zero attached hydrogens (tertiary/aromatic N) is 4. The van der Waals surface area contributed by atoms with Crippen molar-refractivity contribution in [1.82, 2.24) is 9.47 Å². The Labute approximate surface area is 208 Å². The van der Waals surface area contributed by atoms with Gasteiger partial charge in [0.2, 0.25) is 11.8 Å². The Morgan fingerprint density at radius 2 is 1.89 bits per heavy atom. The van der Waals surface area contributed by atoms with Gasteiger partial charge in [0.15, 0.2) is 11.5 Å². The largest absolute Gasteiger partial charge is 0.494 e. The zero-order valence-corrected chi connectivity index (χ0v) is 20.7. The first-order chi connectivity index (χ1) is 17.3. The molecule has 1 aromatic heterocycles. The summed E-state index contributed by atoms with van der Waals surface area (Å²) in [6.07, 6.45) is 3.01. The number of ether oxygens (including phenoxy) is 3. The summed E-state index contributed by atoms with van der Waals surface area (Å²) >= 11 is 0. The first kappa shape index (κ1) is 26.3. The molecule has 11 nitrogen and oxygen atoms in total. The van der Waals surface area contributed by atoms with Crippen molar-refractivity contribution in [3.05, 3.63) is 44.7 Å². The molecule has 1 amide bonds. The first-order valence-electron chi connectivity index (χ1n) is 11.3. The van der Waals surface area contributed by atoms with Crippen molar-refractivity contribution in [2.24, 2.45) is 4.99 Å². The summed E-state index contributed by atoms with van der Waals surface area (Å²) in [5, 5.41) is 20.5. The Morgan fingerprint density at radius 3 is 2.47 bits per heavy atom. The highest BCUT2D eigenvalue weighted by Crippen LogP contribution is 2.35. The molecule has 2 heterocycles. The van der Waals surface area contributed by atoms with Gasteiger partial charge in [-0.05, 0) is 25.3 Å². The molecule has 11 heteroatoms. The minimum absolute atomic E-state index is 0.0670. The van der Waals surface area contributed by atoms with Crippen LogP contribution in [0.4, 0.5) is 5.69 Å². The molecule has 1 saturated heterocycles. The van der Waals surface area contributed by atoms with Gasteiger partial charge < -0.3 is 24.2 Å². The van der Waals surface area contributed by atoms with E-state index < -0.39 is 11.5 Å². The molecule has 1 fully saturated rings. The van der Waals surface area contributed by atoms with Crippen LogP contribution in [0.1, 0.15) is 46.3 Å². The molecule has 190 valence electrons. The van der Waals surface area contributed by atoms with Gasteiger partial charge in [-0.1, -0.05) is 0 Å². The summed E-state index contributed by atoms with van der Waals surface area (Å²) in [6.45, 7) is 2.75. The molecule has 0 radical (unpaired) electrons. The summed E-state index contributed by atoms with van der Waals surface area (Å²) in [6, 6.07) is 4.80. The van der Waals surface area contributed by atoms with E-state index in [0.29, 0.717) is 37.4 Å². The van der Waals surface area contributed by atoms with Gasteiger partial charge in [-0.3, -0.25) is 19.1 Å². The predicted molar refractivity (Wildman–Crippen MR) is 130 cm³/mol. The summed E-state index contributed by atoms with van der Waals surface area (Å²) in [7, 11) is 4.09. The number of carbonyl (C=O) groups excluding carboxylic acids is 2. The molecule has 3 rings (SSSR count). The molecule has 0 aliphatic carbocycles. The molecule has 36 heavy (non-hydrogen) atoms. The number of hydrogen-bond donors (Lipinski definition) is 1.